The first kappa shape index (κ1) is 9.79. The SMILES string of the molecule is CC(C)=CC[C@H]1O[C@]1(C)C(C)C. The molecule has 0 aliphatic carbocycles. The molecule has 0 radical (unpaired) electrons. The molecule has 0 spiro atoms. The van der Waals surface area contributed by atoms with Gasteiger partial charge in [0, 0.05) is 0 Å². The quantitative estimate of drug-likeness (QED) is 0.466. The molecule has 0 N–H and O–H groups in total. The predicted octanol–water partition coefficient (Wildman–Crippen LogP) is 3.16. The van der Waals surface area contributed by atoms with Crippen LogP contribution in [-0.2, 0) is 4.74 Å². The van der Waals surface area contributed by atoms with E-state index < -0.39 is 0 Å². The summed E-state index contributed by atoms with van der Waals surface area (Å²) in [5.41, 5.74) is 1.54. The van der Waals surface area contributed by atoms with Crippen LogP contribution in [0.1, 0.15) is 41.0 Å². The van der Waals surface area contributed by atoms with Crippen LogP contribution in [0.15, 0.2) is 11.6 Å². The lowest BCUT2D eigenvalue weighted by molar-refractivity contribution is 0.254. The maximum Gasteiger partial charge on any atom is 0.0946 e. The lowest BCUT2D eigenvalue weighted by atomic mass is 9.92. The molecule has 2 atom stereocenters. The van der Waals surface area contributed by atoms with Gasteiger partial charge in [-0.05, 0) is 33.1 Å². The summed E-state index contributed by atoms with van der Waals surface area (Å²) < 4.78 is 5.67. The molecule has 70 valence electrons. The molecular formula is C11H20O. The maximum atomic E-state index is 5.67. The van der Waals surface area contributed by atoms with Crippen LogP contribution in [0.5, 0.6) is 0 Å². The summed E-state index contributed by atoms with van der Waals surface area (Å²) in [6.45, 7) is 10.9. The van der Waals surface area contributed by atoms with Crippen molar-refractivity contribution in [2.75, 3.05) is 0 Å². The average molecular weight is 168 g/mol. The van der Waals surface area contributed by atoms with Crippen LogP contribution in [0.25, 0.3) is 0 Å². The molecule has 1 aliphatic heterocycles. The fraction of sp³-hybridized carbons (Fsp3) is 0.818. The number of hydrogen-bond acceptors (Lipinski definition) is 1. The van der Waals surface area contributed by atoms with E-state index in [1.807, 2.05) is 0 Å². The minimum Gasteiger partial charge on any atom is -0.366 e. The molecular weight excluding hydrogens is 148 g/mol. The van der Waals surface area contributed by atoms with Gasteiger partial charge >= 0.3 is 0 Å². The van der Waals surface area contributed by atoms with Crippen molar-refractivity contribution in [1.82, 2.24) is 0 Å². The monoisotopic (exact) mass is 168 g/mol. The third kappa shape index (κ3) is 1.89. The Labute approximate surface area is 75.8 Å². The first-order valence-corrected chi connectivity index (χ1v) is 4.78. The van der Waals surface area contributed by atoms with Crippen molar-refractivity contribution in [1.29, 1.82) is 0 Å². The minimum absolute atomic E-state index is 0.159. The number of epoxide rings is 1. The number of allylic oxidation sites excluding steroid dienone is 1. The van der Waals surface area contributed by atoms with Crippen molar-refractivity contribution in [3.05, 3.63) is 11.6 Å². The molecule has 0 aromatic heterocycles. The van der Waals surface area contributed by atoms with E-state index >= 15 is 0 Å². The Morgan fingerprint density at radius 2 is 2.08 bits per heavy atom. The van der Waals surface area contributed by atoms with Crippen LogP contribution in [0, 0.1) is 5.92 Å². The van der Waals surface area contributed by atoms with Gasteiger partial charge in [-0.25, -0.2) is 0 Å². The molecule has 0 bridgehead atoms. The Morgan fingerprint density at radius 1 is 1.50 bits per heavy atom. The molecule has 12 heavy (non-hydrogen) atoms. The molecule has 1 aliphatic rings. The highest BCUT2D eigenvalue weighted by atomic mass is 16.6. The Bertz CT molecular complexity index is 189. The minimum atomic E-state index is 0.159. The van der Waals surface area contributed by atoms with Gasteiger partial charge in [-0.2, -0.15) is 0 Å². The maximum absolute atomic E-state index is 5.67. The molecule has 0 aromatic carbocycles. The normalized spacial score (nSPS) is 33.7. The van der Waals surface area contributed by atoms with Gasteiger partial charge in [-0.15, -0.1) is 0 Å². The number of rotatable bonds is 3. The van der Waals surface area contributed by atoms with E-state index in [1.54, 1.807) is 0 Å². The first-order chi connectivity index (χ1) is 5.47. The summed E-state index contributed by atoms with van der Waals surface area (Å²) in [4.78, 5) is 0. The number of hydrogen-bond donors (Lipinski definition) is 0. The second-order valence-electron chi connectivity index (χ2n) is 4.46. The largest absolute Gasteiger partial charge is 0.366 e. The van der Waals surface area contributed by atoms with Gasteiger partial charge in [-0.1, -0.05) is 25.5 Å². The van der Waals surface area contributed by atoms with E-state index in [0.29, 0.717) is 12.0 Å². The standard InChI is InChI=1S/C11H20O/c1-8(2)6-7-10-11(5,12-10)9(3)4/h6,9-10H,7H2,1-5H3/t10-,11-/m1/s1. The Balaban J connectivity index is 2.37. The molecule has 0 aromatic rings. The van der Waals surface area contributed by atoms with Crippen molar-refractivity contribution in [2.24, 2.45) is 5.92 Å². The van der Waals surface area contributed by atoms with Crippen LogP contribution in [0.2, 0.25) is 0 Å². The second-order valence-corrected chi connectivity index (χ2v) is 4.46. The van der Waals surface area contributed by atoms with Gasteiger partial charge in [-0.3, -0.25) is 0 Å². The van der Waals surface area contributed by atoms with Gasteiger partial charge in [0.1, 0.15) is 0 Å². The van der Waals surface area contributed by atoms with E-state index in [9.17, 15) is 0 Å². The van der Waals surface area contributed by atoms with Gasteiger partial charge < -0.3 is 4.74 Å². The zero-order valence-electron chi connectivity index (χ0n) is 8.85. The molecule has 0 unspecified atom stereocenters. The lowest BCUT2D eigenvalue weighted by Crippen LogP contribution is -2.17. The van der Waals surface area contributed by atoms with E-state index in [1.165, 1.54) is 5.57 Å². The molecule has 1 rings (SSSR count). The number of ether oxygens (including phenoxy) is 1. The van der Waals surface area contributed by atoms with Crippen LogP contribution in [0.3, 0.4) is 0 Å². The molecule has 1 nitrogen and oxygen atoms in total. The van der Waals surface area contributed by atoms with Crippen molar-refractivity contribution in [2.45, 2.75) is 52.7 Å². The van der Waals surface area contributed by atoms with Crippen molar-refractivity contribution in [3.8, 4) is 0 Å². The lowest BCUT2D eigenvalue weighted by Gasteiger charge is -2.09. The summed E-state index contributed by atoms with van der Waals surface area (Å²) in [6, 6.07) is 0. The van der Waals surface area contributed by atoms with Crippen LogP contribution in [-0.4, -0.2) is 11.7 Å². The average Bonchev–Trinajstić information content (AvgIpc) is 2.59. The molecule has 1 heteroatoms. The molecule has 1 heterocycles. The molecule has 1 fully saturated rings. The van der Waals surface area contributed by atoms with E-state index in [2.05, 4.69) is 40.7 Å². The highest BCUT2D eigenvalue weighted by Gasteiger charge is 2.53. The van der Waals surface area contributed by atoms with E-state index in [4.69, 9.17) is 4.74 Å². The molecule has 0 saturated carbocycles. The van der Waals surface area contributed by atoms with Crippen molar-refractivity contribution >= 4 is 0 Å². The van der Waals surface area contributed by atoms with Crippen LogP contribution in [0.4, 0.5) is 0 Å². The summed E-state index contributed by atoms with van der Waals surface area (Å²) in [6.07, 6.45) is 3.81. The zero-order chi connectivity index (χ0) is 9.35. The Hall–Kier alpha value is -0.300. The first-order valence-electron chi connectivity index (χ1n) is 4.78. The van der Waals surface area contributed by atoms with Crippen molar-refractivity contribution < 1.29 is 4.74 Å². The fourth-order valence-electron chi connectivity index (χ4n) is 1.41. The Kier molecular flexibility index (Phi) is 2.62. The predicted molar refractivity (Wildman–Crippen MR) is 52.2 cm³/mol. The van der Waals surface area contributed by atoms with E-state index in [0.717, 1.165) is 6.42 Å². The third-order valence-electron chi connectivity index (χ3n) is 2.86. The molecule has 1 saturated heterocycles. The van der Waals surface area contributed by atoms with Crippen LogP contribution < -0.4 is 0 Å². The van der Waals surface area contributed by atoms with Gasteiger partial charge in [0.2, 0.25) is 0 Å². The van der Waals surface area contributed by atoms with Gasteiger partial charge in [0.05, 0.1) is 11.7 Å². The smallest absolute Gasteiger partial charge is 0.0946 e. The topological polar surface area (TPSA) is 12.5 Å². The summed E-state index contributed by atoms with van der Waals surface area (Å²) in [5.74, 6) is 0.632. The fourth-order valence-corrected chi connectivity index (χ4v) is 1.41. The highest BCUT2D eigenvalue weighted by Crippen LogP contribution is 2.44. The van der Waals surface area contributed by atoms with E-state index in [-0.39, 0.29) is 5.60 Å². The van der Waals surface area contributed by atoms with Gasteiger partial charge in [0.15, 0.2) is 0 Å². The van der Waals surface area contributed by atoms with Gasteiger partial charge in [0.25, 0.3) is 0 Å². The highest BCUT2D eigenvalue weighted by molar-refractivity contribution is 5.06. The van der Waals surface area contributed by atoms with Crippen molar-refractivity contribution in [3.63, 3.8) is 0 Å². The summed E-state index contributed by atoms with van der Waals surface area (Å²) >= 11 is 0. The van der Waals surface area contributed by atoms with Crippen LogP contribution >= 0.6 is 0 Å². The summed E-state index contributed by atoms with van der Waals surface area (Å²) in [5, 5.41) is 0. The second kappa shape index (κ2) is 3.21. The zero-order valence-corrected chi connectivity index (χ0v) is 8.85. The Morgan fingerprint density at radius 3 is 2.42 bits per heavy atom. The third-order valence-corrected chi connectivity index (χ3v) is 2.86. The summed E-state index contributed by atoms with van der Waals surface area (Å²) in [7, 11) is 0. The molecule has 0 amide bonds.